The fourth-order valence-corrected chi connectivity index (χ4v) is 1.71. The Hall–Kier alpha value is -1.32. The molecule has 102 valence electrons. The van der Waals surface area contributed by atoms with E-state index in [4.69, 9.17) is 0 Å². The van der Waals surface area contributed by atoms with Crippen LogP contribution in [0.2, 0.25) is 0 Å². The Labute approximate surface area is 111 Å². The maximum Gasteiger partial charge on any atom is 0.134 e. The monoisotopic (exact) mass is 250 g/mol. The smallest absolute Gasteiger partial charge is 0.134 e. The van der Waals surface area contributed by atoms with Gasteiger partial charge in [-0.25, -0.2) is 9.97 Å². The molecule has 0 aliphatic heterocycles. The van der Waals surface area contributed by atoms with Gasteiger partial charge >= 0.3 is 0 Å². The molecule has 2 N–H and O–H groups in total. The molecule has 0 aliphatic carbocycles. The van der Waals surface area contributed by atoms with Crippen LogP contribution in [0, 0.1) is 5.92 Å². The molecule has 0 saturated heterocycles. The number of aromatic nitrogens is 2. The molecule has 0 radical (unpaired) electrons. The Balaban J connectivity index is 2.77. The Morgan fingerprint density at radius 2 is 1.78 bits per heavy atom. The van der Waals surface area contributed by atoms with Gasteiger partial charge in [0.1, 0.15) is 18.0 Å². The summed E-state index contributed by atoms with van der Waals surface area (Å²) in [7, 11) is 0. The van der Waals surface area contributed by atoms with Gasteiger partial charge in [-0.3, -0.25) is 0 Å². The Morgan fingerprint density at radius 1 is 1.11 bits per heavy atom. The summed E-state index contributed by atoms with van der Waals surface area (Å²) in [5.41, 5.74) is 1.19. The number of hydrogen-bond donors (Lipinski definition) is 2. The molecule has 1 atom stereocenters. The third-order valence-electron chi connectivity index (χ3n) is 3.16. The standard InChI is InChI=1S/C14H26N4/c1-5-8-15-13-12(7-3)14(18-10-17-13)16-9-11(4)6-2/h10-11H,5-9H2,1-4H3,(H2,15,16,17,18). The first-order chi connectivity index (χ1) is 8.72. The van der Waals surface area contributed by atoms with Crippen LogP contribution in [0.1, 0.15) is 46.1 Å². The van der Waals surface area contributed by atoms with E-state index >= 15 is 0 Å². The molecule has 0 spiro atoms. The van der Waals surface area contributed by atoms with Crippen LogP contribution in [0.25, 0.3) is 0 Å². The first-order valence-electron chi connectivity index (χ1n) is 7.04. The van der Waals surface area contributed by atoms with Gasteiger partial charge in [-0.1, -0.05) is 34.1 Å². The molecule has 1 aromatic heterocycles. The summed E-state index contributed by atoms with van der Waals surface area (Å²) in [6, 6.07) is 0. The van der Waals surface area contributed by atoms with Crippen molar-refractivity contribution in [2.45, 2.75) is 47.0 Å². The minimum atomic E-state index is 0.664. The first-order valence-corrected chi connectivity index (χ1v) is 7.04. The van der Waals surface area contributed by atoms with Gasteiger partial charge in [-0.05, 0) is 18.8 Å². The molecule has 4 nitrogen and oxygen atoms in total. The molecular weight excluding hydrogens is 224 g/mol. The Kier molecular flexibility index (Phi) is 6.47. The zero-order valence-electron chi connectivity index (χ0n) is 12.1. The lowest BCUT2D eigenvalue weighted by molar-refractivity contribution is 0.592. The van der Waals surface area contributed by atoms with E-state index in [1.54, 1.807) is 6.33 Å². The summed E-state index contributed by atoms with van der Waals surface area (Å²) in [6.45, 7) is 10.7. The number of nitrogens with zero attached hydrogens (tertiary/aromatic N) is 2. The van der Waals surface area contributed by atoms with Gasteiger partial charge < -0.3 is 10.6 Å². The summed E-state index contributed by atoms with van der Waals surface area (Å²) in [4.78, 5) is 8.70. The lowest BCUT2D eigenvalue weighted by Crippen LogP contribution is -2.15. The first kappa shape index (κ1) is 14.7. The Bertz CT molecular complexity index is 352. The fourth-order valence-electron chi connectivity index (χ4n) is 1.71. The van der Waals surface area contributed by atoms with Crippen LogP contribution in [0.3, 0.4) is 0 Å². The van der Waals surface area contributed by atoms with Gasteiger partial charge in [0.05, 0.1) is 0 Å². The molecule has 1 rings (SSSR count). The molecule has 1 aromatic rings. The molecule has 0 fully saturated rings. The van der Waals surface area contributed by atoms with E-state index in [0.717, 1.165) is 37.6 Å². The SMILES string of the molecule is CCCNc1ncnc(NCC(C)CC)c1CC. The maximum absolute atomic E-state index is 4.36. The number of hydrogen-bond acceptors (Lipinski definition) is 4. The lowest BCUT2D eigenvalue weighted by atomic mass is 10.1. The fraction of sp³-hybridized carbons (Fsp3) is 0.714. The van der Waals surface area contributed by atoms with Crippen molar-refractivity contribution in [3.05, 3.63) is 11.9 Å². The second kappa shape index (κ2) is 7.90. The van der Waals surface area contributed by atoms with Crippen molar-refractivity contribution >= 4 is 11.6 Å². The molecule has 1 heterocycles. The molecule has 0 bridgehead atoms. The van der Waals surface area contributed by atoms with E-state index in [1.807, 2.05) is 0 Å². The number of anilines is 2. The second-order valence-electron chi connectivity index (χ2n) is 4.72. The molecule has 0 aromatic carbocycles. The topological polar surface area (TPSA) is 49.8 Å². The molecular formula is C14H26N4. The number of nitrogens with one attached hydrogen (secondary N) is 2. The van der Waals surface area contributed by atoms with Crippen molar-refractivity contribution in [1.29, 1.82) is 0 Å². The van der Waals surface area contributed by atoms with Gasteiger partial charge in [0, 0.05) is 18.7 Å². The van der Waals surface area contributed by atoms with Crippen molar-refractivity contribution in [2.75, 3.05) is 23.7 Å². The van der Waals surface area contributed by atoms with Crippen LogP contribution in [-0.2, 0) is 6.42 Å². The van der Waals surface area contributed by atoms with Crippen LogP contribution in [-0.4, -0.2) is 23.1 Å². The summed E-state index contributed by atoms with van der Waals surface area (Å²) < 4.78 is 0. The molecule has 4 heteroatoms. The average Bonchev–Trinajstić information content (AvgIpc) is 2.42. The average molecular weight is 250 g/mol. The number of rotatable bonds is 8. The van der Waals surface area contributed by atoms with Crippen molar-refractivity contribution in [3.63, 3.8) is 0 Å². The normalized spacial score (nSPS) is 12.2. The predicted octanol–water partition coefficient (Wildman–Crippen LogP) is 3.32. The van der Waals surface area contributed by atoms with Crippen molar-refractivity contribution in [1.82, 2.24) is 9.97 Å². The van der Waals surface area contributed by atoms with E-state index in [2.05, 4.69) is 48.3 Å². The zero-order valence-corrected chi connectivity index (χ0v) is 12.1. The van der Waals surface area contributed by atoms with Crippen LogP contribution < -0.4 is 10.6 Å². The quantitative estimate of drug-likeness (QED) is 0.743. The van der Waals surface area contributed by atoms with E-state index in [1.165, 1.54) is 12.0 Å². The van der Waals surface area contributed by atoms with Crippen molar-refractivity contribution in [3.8, 4) is 0 Å². The second-order valence-corrected chi connectivity index (χ2v) is 4.72. The molecule has 18 heavy (non-hydrogen) atoms. The van der Waals surface area contributed by atoms with Crippen LogP contribution in [0.15, 0.2) is 6.33 Å². The predicted molar refractivity (Wildman–Crippen MR) is 78.1 cm³/mol. The third-order valence-corrected chi connectivity index (χ3v) is 3.16. The highest BCUT2D eigenvalue weighted by Gasteiger charge is 2.09. The molecule has 0 saturated carbocycles. The maximum atomic E-state index is 4.36. The van der Waals surface area contributed by atoms with Gasteiger partial charge in [-0.2, -0.15) is 0 Å². The summed E-state index contributed by atoms with van der Waals surface area (Å²) in [5.74, 6) is 2.61. The minimum Gasteiger partial charge on any atom is -0.370 e. The van der Waals surface area contributed by atoms with E-state index in [9.17, 15) is 0 Å². The van der Waals surface area contributed by atoms with Gasteiger partial charge in [0.25, 0.3) is 0 Å². The molecule has 0 amide bonds. The van der Waals surface area contributed by atoms with Gasteiger partial charge in [0.15, 0.2) is 0 Å². The minimum absolute atomic E-state index is 0.664. The van der Waals surface area contributed by atoms with E-state index in [0.29, 0.717) is 5.92 Å². The van der Waals surface area contributed by atoms with E-state index < -0.39 is 0 Å². The van der Waals surface area contributed by atoms with Gasteiger partial charge in [0.2, 0.25) is 0 Å². The largest absolute Gasteiger partial charge is 0.370 e. The highest BCUT2D eigenvalue weighted by Crippen LogP contribution is 2.20. The highest BCUT2D eigenvalue weighted by molar-refractivity contribution is 5.57. The Morgan fingerprint density at radius 3 is 2.33 bits per heavy atom. The third kappa shape index (κ3) is 4.17. The summed E-state index contributed by atoms with van der Waals surface area (Å²) in [6.07, 6.45) is 4.86. The van der Waals surface area contributed by atoms with Crippen LogP contribution in [0.5, 0.6) is 0 Å². The lowest BCUT2D eigenvalue weighted by Gasteiger charge is -2.16. The zero-order chi connectivity index (χ0) is 13.4. The molecule has 0 aliphatic rings. The van der Waals surface area contributed by atoms with Crippen molar-refractivity contribution < 1.29 is 0 Å². The molecule has 1 unspecified atom stereocenters. The van der Waals surface area contributed by atoms with E-state index in [-0.39, 0.29) is 0 Å². The van der Waals surface area contributed by atoms with Crippen LogP contribution >= 0.6 is 0 Å². The van der Waals surface area contributed by atoms with Crippen molar-refractivity contribution in [2.24, 2.45) is 5.92 Å². The van der Waals surface area contributed by atoms with Crippen LogP contribution in [0.4, 0.5) is 11.6 Å². The highest BCUT2D eigenvalue weighted by atomic mass is 15.1. The summed E-state index contributed by atoms with van der Waals surface area (Å²) in [5, 5.41) is 6.81. The summed E-state index contributed by atoms with van der Waals surface area (Å²) >= 11 is 0. The van der Waals surface area contributed by atoms with Gasteiger partial charge in [-0.15, -0.1) is 0 Å².